The van der Waals surface area contributed by atoms with Crippen LogP contribution in [0, 0.1) is 24.7 Å². The van der Waals surface area contributed by atoms with Gasteiger partial charge in [0.15, 0.2) is 0 Å². The summed E-state index contributed by atoms with van der Waals surface area (Å²) in [6.45, 7) is 14.2. The second kappa shape index (κ2) is 9.43. The second-order valence-electron chi connectivity index (χ2n) is 10.7. The van der Waals surface area contributed by atoms with E-state index in [0.29, 0.717) is 5.41 Å². The summed E-state index contributed by atoms with van der Waals surface area (Å²) in [4.78, 5) is 0. The zero-order chi connectivity index (χ0) is 19.2. The van der Waals surface area contributed by atoms with Crippen molar-refractivity contribution >= 4 is 0 Å². The number of aryl methyl sites for hydroxylation is 4. The van der Waals surface area contributed by atoms with Crippen molar-refractivity contribution in [1.82, 2.24) is 0 Å². The van der Waals surface area contributed by atoms with Crippen LogP contribution >= 0.6 is 0 Å². The van der Waals surface area contributed by atoms with E-state index in [2.05, 4.69) is 53.7 Å². The normalized spacial score (nSPS) is 16.1. The van der Waals surface area contributed by atoms with Crippen LogP contribution in [0.15, 0.2) is 12.1 Å². The van der Waals surface area contributed by atoms with Gasteiger partial charge < -0.3 is 0 Å². The molecule has 0 N–H and O–H groups in total. The molecule has 1 aromatic rings. The van der Waals surface area contributed by atoms with E-state index in [1.165, 1.54) is 88.2 Å². The Balaban J connectivity index is 1.70. The summed E-state index contributed by atoms with van der Waals surface area (Å²) in [7, 11) is 0. The van der Waals surface area contributed by atoms with Gasteiger partial charge in [0.2, 0.25) is 0 Å². The lowest BCUT2D eigenvalue weighted by atomic mass is 9.88. The van der Waals surface area contributed by atoms with Crippen LogP contribution in [0.4, 0.5) is 0 Å². The van der Waals surface area contributed by atoms with Crippen molar-refractivity contribution in [3.05, 3.63) is 34.4 Å². The van der Waals surface area contributed by atoms with Gasteiger partial charge in [-0.2, -0.15) is 0 Å². The lowest BCUT2D eigenvalue weighted by Gasteiger charge is -2.17. The first-order valence-corrected chi connectivity index (χ1v) is 11.3. The first-order valence-electron chi connectivity index (χ1n) is 11.3. The van der Waals surface area contributed by atoms with E-state index in [0.717, 1.165) is 5.41 Å². The molecular formula is C26H44. The molecule has 1 aliphatic rings. The summed E-state index contributed by atoms with van der Waals surface area (Å²) < 4.78 is 0. The fourth-order valence-electron chi connectivity index (χ4n) is 4.13. The summed E-state index contributed by atoms with van der Waals surface area (Å²) in [5.41, 5.74) is 7.45. The van der Waals surface area contributed by atoms with Crippen LogP contribution in [-0.4, -0.2) is 0 Å². The van der Waals surface area contributed by atoms with Gasteiger partial charge in [0.25, 0.3) is 0 Å². The van der Waals surface area contributed by atoms with E-state index in [1.54, 1.807) is 11.1 Å². The van der Waals surface area contributed by atoms with Crippen LogP contribution in [0.25, 0.3) is 0 Å². The Morgan fingerprint density at radius 2 is 1.27 bits per heavy atom. The first-order chi connectivity index (χ1) is 12.2. The van der Waals surface area contributed by atoms with Gasteiger partial charge in [0, 0.05) is 0 Å². The minimum absolute atomic E-state index is 0.491. The van der Waals surface area contributed by atoms with Crippen LogP contribution in [0.5, 0.6) is 0 Å². The van der Waals surface area contributed by atoms with Gasteiger partial charge in [-0.1, -0.05) is 65.5 Å². The third kappa shape index (κ3) is 7.85. The molecule has 0 unspecified atom stereocenters. The van der Waals surface area contributed by atoms with Gasteiger partial charge >= 0.3 is 0 Å². The molecule has 148 valence electrons. The Labute approximate surface area is 164 Å². The monoisotopic (exact) mass is 356 g/mol. The van der Waals surface area contributed by atoms with Gasteiger partial charge in [-0.15, -0.1) is 0 Å². The van der Waals surface area contributed by atoms with E-state index >= 15 is 0 Å². The summed E-state index contributed by atoms with van der Waals surface area (Å²) in [5.74, 6) is 0. The fourth-order valence-corrected chi connectivity index (χ4v) is 4.13. The number of hydrogen-bond donors (Lipinski definition) is 0. The lowest BCUT2D eigenvalue weighted by Crippen LogP contribution is -2.04. The highest BCUT2D eigenvalue weighted by atomic mass is 14.4. The standard InChI is InChI=1S/C26H44/c1-21-20-24(14-10-8-12-16-26(6)17-18-26)22(2)19-23(21)13-9-7-11-15-25(3,4)5/h19-20H,7-18H2,1-6H3. The molecule has 2 rings (SSSR count). The Hall–Kier alpha value is -0.780. The van der Waals surface area contributed by atoms with E-state index in [9.17, 15) is 0 Å². The highest BCUT2D eigenvalue weighted by Crippen LogP contribution is 2.49. The molecule has 1 aromatic carbocycles. The van der Waals surface area contributed by atoms with Crippen LogP contribution < -0.4 is 0 Å². The van der Waals surface area contributed by atoms with Crippen LogP contribution in [0.2, 0.25) is 0 Å². The smallest absolute Gasteiger partial charge is 0.0276 e. The Morgan fingerprint density at radius 1 is 0.769 bits per heavy atom. The molecule has 0 nitrogen and oxygen atoms in total. The molecule has 1 aliphatic carbocycles. The van der Waals surface area contributed by atoms with Crippen molar-refractivity contribution in [2.24, 2.45) is 10.8 Å². The molecule has 0 aliphatic heterocycles. The molecule has 0 heterocycles. The van der Waals surface area contributed by atoms with Crippen molar-refractivity contribution < 1.29 is 0 Å². The summed E-state index contributed by atoms with van der Waals surface area (Å²) >= 11 is 0. The molecule has 0 amide bonds. The Kier molecular flexibility index (Phi) is 7.80. The minimum atomic E-state index is 0.491. The molecule has 0 saturated heterocycles. The van der Waals surface area contributed by atoms with Crippen LogP contribution in [0.3, 0.4) is 0 Å². The van der Waals surface area contributed by atoms with Crippen molar-refractivity contribution in [3.63, 3.8) is 0 Å². The molecule has 0 radical (unpaired) electrons. The van der Waals surface area contributed by atoms with Crippen LogP contribution in [-0.2, 0) is 12.8 Å². The van der Waals surface area contributed by atoms with Gasteiger partial charge in [0.1, 0.15) is 0 Å². The number of rotatable bonds is 11. The molecule has 1 saturated carbocycles. The van der Waals surface area contributed by atoms with Crippen molar-refractivity contribution in [2.75, 3.05) is 0 Å². The van der Waals surface area contributed by atoms with Crippen LogP contribution in [0.1, 0.15) is 114 Å². The van der Waals surface area contributed by atoms with Crippen molar-refractivity contribution in [2.45, 2.75) is 119 Å². The molecule has 26 heavy (non-hydrogen) atoms. The average Bonchev–Trinajstić information content (AvgIpc) is 3.27. The Morgan fingerprint density at radius 3 is 1.73 bits per heavy atom. The highest BCUT2D eigenvalue weighted by Gasteiger charge is 2.35. The predicted molar refractivity (Wildman–Crippen MR) is 117 cm³/mol. The Bertz CT molecular complexity index is 513. The molecular weight excluding hydrogens is 312 g/mol. The summed E-state index contributed by atoms with van der Waals surface area (Å²) in [6.07, 6.45) is 16.6. The van der Waals surface area contributed by atoms with Gasteiger partial charge in [-0.25, -0.2) is 0 Å². The van der Waals surface area contributed by atoms with Crippen molar-refractivity contribution in [1.29, 1.82) is 0 Å². The SMILES string of the molecule is Cc1cc(CCCCCC2(C)CC2)c(C)cc1CCCCCC(C)(C)C. The zero-order valence-corrected chi connectivity index (χ0v) is 18.6. The third-order valence-electron chi connectivity index (χ3n) is 6.50. The second-order valence-corrected chi connectivity index (χ2v) is 10.7. The maximum atomic E-state index is 2.49. The van der Waals surface area contributed by atoms with Gasteiger partial charge in [-0.3, -0.25) is 0 Å². The number of unbranched alkanes of at least 4 members (excludes halogenated alkanes) is 4. The molecule has 0 spiro atoms. The summed E-state index contributed by atoms with van der Waals surface area (Å²) in [5, 5.41) is 0. The average molecular weight is 357 g/mol. The van der Waals surface area contributed by atoms with Gasteiger partial charge in [-0.05, 0) is 98.3 Å². The third-order valence-corrected chi connectivity index (χ3v) is 6.50. The van der Waals surface area contributed by atoms with E-state index < -0.39 is 0 Å². The molecule has 0 aromatic heterocycles. The van der Waals surface area contributed by atoms with E-state index in [4.69, 9.17) is 0 Å². The first kappa shape index (κ1) is 21.5. The summed E-state index contributed by atoms with van der Waals surface area (Å²) in [6, 6.07) is 4.97. The predicted octanol–water partition coefficient (Wildman–Crippen LogP) is 8.36. The quantitative estimate of drug-likeness (QED) is 0.349. The highest BCUT2D eigenvalue weighted by molar-refractivity contribution is 5.37. The van der Waals surface area contributed by atoms with Crippen molar-refractivity contribution in [3.8, 4) is 0 Å². The van der Waals surface area contributed by atoms with E-state index in [-0.39, 0.29) is 0 Å². The number of benzene rings is 1. The minimum Gasteiger partial charge on any atom is -0.0602 e. The maximum Gasteiger partial charge on any atom is -0.0276 e. The lowest BCUT2D eigenvalue weighted by molar-refractivity contribution is 0.358. The van der Waals surface area contributed by atoms with Gasteiger partial charge in [0.05, 0.1) is 0 Å². The number of hydrogen-bond acceptors (Lipinski definition) is 0. The maximum absolute atomic E-state index is 2.49. The fraction of sp³-hybridized carbons (Fsp3) is 0.769. The molecule has 0 atom stereocenters. The topological polar surface area (TPSA) is 0 Å². The van der Waals surface area contributed by atoms with E-state index in [1.807, 2.05) is 0 Å². The molecule has 1 fully saturated rings. The zero-order valence-electron chi connectivity index (χ0n) is 18.6. The largest absolute Gasteiger partial charge is 0.0602 e. The molecule has 0 heteroatoms. The molecule has 0 bridgehead atoms.